The minimum atomic E-state index is -0.680. The molecule has 2 aromatic rings. The zero-order valence-electron chi connectivity index (χ0n) is 22.9. The molecule has 1 aliphatic carbocycles. The summed E-state index contributed by atoms with van der Waals surface area (Å²) in [6, 6.07) is 12.2. The standard InChI is InChI=1S/C29H33N5O5/c1-17-10-19(6-8-24(17)34-13-21(38-27(34)37)12-31-18(2)35)20-7-9-25(32-11-20)29(16-30)22-14-33(15-23(22)29)26(36)39-28(3,4)5/h6-11,21-23H,12-15H2,1-5H3,(H,31,35)/t21-,22?,23?,29?/m0/s1. The third kappa shape index (κ3) is 4.89. The van der Waals surface area contributed by atoms with Gasteiger partial charge in [0.2, 0.25) is 5.91 Å². The number of amides is 3. The number of aryl methyl sites for hydroxylation is 1. The van der Waals surface area contributed by atoms with Crippen molar-refractivity contribution >= 4 is 23.8 Å². The fraction of sp³-hybridized carbons (Fsp3) is 0.483. The van der Waals surface area contributed by atoms with Crippen molar-refractivity contribution in [3.8, 4) is 17.2 Å². The van der Waals surface area contributed by atoms with E-state index in [1.54, 1.807) is 16.0 Å². The summed E-state index contributed by atoms with van der Waals surface area (Å²) >= 11 is 0. The Labute approximate surface area is 227 Å². The first-order chi connectivity index (χ1) is 18.4. The molecule has 3 aliphatic rings. The van der Waals surface area contributed by atoms with E-state index in [1.807, 2.05) is 58.0 Å². The number of ether oxygens (including phenoxy) is 2. The average molecular weight is 532 g/mol. The maximum atomic E-state index is 12.4. The van der Waals surface area contributed by atoms with Gasteiger partial charge >= 0.3 is 12.2 Å². The number of carbonyl (C=O) groups is 3. The quantitative estimate of drug-likeness (QED) is 0.623. The van der Waals surface area contributed by atoms with Crippen molar-refractivity contribution < 1.29 is 23.9 Å². The molecule has 1 N–H and O–H groups in total. The van der Waals surface area contributed by atoms with E-state index in [9.17, 15) is 19.6 Å². The van der Waals surface area contributed by atoms with Crippen molar-refractivity contribution in [3.05, 3.63) is 47.8 Å². The molecule has 39 heavy (non-hydrogen) atoms. The summed E-state index contributed by atoms with van der Waals surface area (Å²) in [4.78, 5) is 44.0. The van der Waals surface area contributed by atoms with Crippen molar-refractivity contribution in [2.45, 2.75) is 51.7 Å². The van der Waals surface area contributed by atoms with E-state index in [0.717, 1.165) is 28.1 Å². The molecule has 2 aliphatic heterocycles. The first-order valence-electron chi connectivity index (χ1n) is 13.1. The Morgan fingerprint density at radius 1 is 1.18 bits per heavy atom. The van der Waals surface area contributed by atoms with E-state index in [-0.39, 0.29) is 30.4 Å². The number of fused-ring (bicyclic) bond motifs is 1. The maximum Gasteiger partial charge on any atom is 0.414 e. The molecule has 1 saturated carbocycles. The summed E-state index contributed by atoms with van der Waals surface area (Å²) in [5.74, 6) is -0.0767. The van der Waals surface area contributed by atoms with Crippen LogP contribution in [0, 0.1) is 30.1 Å². The number of hydrogen-bond acceptors (Lipinski definition) is 7. The summed E-state index contributed by atoms with van der Waals surface area (Å²) in [7, 11) is 0. The zero-order valence-corrected chi connectivity index (χ0v) is 22.9. The summed E-state index contributed by atoms with van der Waals surface area (Å²) in [6.45, 7) is 10.5. The van der Waals surface area contributed by atoms with Crippen molar-refractivity contribution in [2.24, 2.45) is 11.8 Å². The smallest absolute Gasteiger partial charge is 0.414 e. The Morgan fingerprint density at radius 3 is 2.44 bits per heavy atom. The monoisotopic (exact) mass is 531 g/mol. The van der Waals surface area contributed by atoms with Crippen molar-refractivity contribution in [2.75, 3.05) is 31.1 Å². The van der Waals surface area contributed by atoms with Gasteiger partial charge in [-0.15, -0.1) is 0 Å². The highest BCUT2D eigenvalue weighted by Crippen LogP contribution is 2.62. The second-order valence-electron chi connectivity index (χ2n) is 11.6. The molecule has 0 bridgehead atoms. The Balaban J connectivity index is 1.26. The SMILES string of the molecule is CC(=O)NC[C@H]1CN(c2ccc(-c3ccc(C4(C#N)C5CN(C(=O)OC(C)(C)C)CC54)nc3)cc2C)C(=O)O1. The Hall–Kier alpha value is -4.13. The molecule has 204 valence electrons. The largest absolute Gasteiger partial charge is 0.444 e. The number of cyclic esters (lactones) is 1. The van der Waals surface area contributed by atoms with Crippen LogP contribution in [0.2, 0.25) is 0 Å². The van der Waals surface area contributed by atoms with Crippen molar-refractivity contribution in [3.63, 3.8) is 0 Å². The molecule has 0 spiro atoms. The van der Waals surface area contributed by atoms with Gasteiger partial charge in [0, 0.05) is 43.6 Å². The van der Waals surface area contributed by atoms with Gasteiger partial charge in [-0.25, -0.2) is 9.59 Å². The number of hydrogen-bond donors (Lipinski definition) is 1. The lowest BCUT2D eigenvalue weighted by Crippen LogP contribution is -2.39. The van der Waals surface area contributed by atoms with Gasteiger partial charge in [-0.2, -0.15) is 5.26 Å². The Morgan fingerprint density at radius 2 is 1.87 bits per heavy atom. The third-order valence-corrected chi connectivity index (χ3v) is 7.68. The van der Waals surface area contributed by atoms with Crippen LogP contribution in [0.25, 0.3) is 11.1 Å². The highest BCUT2D eigenvalue weighted by molar-refractivity contribution is 5.91. The molecule has 3 fully saturated rings. The molecule has 3 atom stereocenters. The van der Waals surface area contributed by atoms with E-state index in [4.69, 9.17) is 9.47 Å². The lowest BCUT2D eigenvalue weighted by molar-refractivity contribution is -0.119. The van der Waals surface area contributed by atoms with Crippen LogP contribution in [0.5, 0.6) is 0 Å². The molecule has 3 heterocycles. The van der Waals surface area contributed by atoms with Crippen LogP contribution in [0.3, 0.4) is 0 Å². The number of anilines is 1. The first kappa shape index (κ1) is 26.5. The average Bonchev–Trinajstić information content (AvgIpc) is 3.14. The normalized spacial score (nSPS) is 25.5. The number of rotatable bonds is 5. The molecule has 1 aromatic heterocycles. The van der Waals surface area contributed by atoms with E-state index in [2.05, 4.69) is 16.4 Å². The second kappa shape index (κ2) is 9.56. The number of pyridine rings is 1. The first-order valence-corrected chi connectivity index (χ1v) is 13.1. The summed E-state index contributed by atoms with van der Waals surface area (Å²) in [5.41, 5.74) is 2.99. The van der Waals surface area contributed by atoms with Gasteiger partial charge < -0.3 is 19.7 Å². The number of nitrogens with one attached hydrogen (secondary N) is 1. The molecule has 5 rings (SSSR count). The van der Waals surface area contributed by atoms with E-state index in [1.165, 1.54) is 6.92 Å². The van der Waals surface area contributed by atoms with Gasteiger partial charge in [0.1, 0.15) is 17.1 Å². The number of carbonyl (C=O) groups excluding carboxylic acids is 3. The second-order valence-corrected chi connectivity index (χ2v) is 11.6. The predicted molar refractivity (Wildman–Crippen MR) is 143 cm³/mol. The number of piperidine rings is 1. The molecule has 10 nitrogen and oxygen atoms in total. The number of nitriles is 1. The fourth-order valence-electron chi connectivity index (χ4n) is 5.74. The third-order valence-electron chi connectivity index (χ3n) is 7.68. The zero-order chi connectivity index (χ0) is 28.1. The van der Waals surface area contributed by atoms with E-state index in [0.29, 0.717) is 19.6 Å². The number of likely N-dealkylation sites (tertiary alicyclic amines) is 1. The van der Waals surface area contributed by atoms with Gasteiger partial charge in [-0.1, -0.05) is 12.1 Å². The molecular weight excluding hydrogens is 498 g/mol. The molecule has 10 heteroatoms. The van der Waals surface area contributed by atoms with E-state index >= 15 is 0 Å². The molecular formula is C29H33N5O5. The molecule has 1 aromatic carbocycles. The van der Waals surface area contributed by atoms with Crippen molar-refractivity contribution in [1.29, 1.82) is 5.26 Å². The lowest BCUT2D eigenvalue weighted by Gasteiger charge is -2.27. The van der Waals surface area contributed by atoms with Crippen molar-refractivity contribution in [1.82, 2.24) is 15.2 Å². The van der Waals surface area contributed by atoms with E-state index < -0.39 is 23.2 Å². The molecule has 2 unspecified atom stereocenters. The highest BCUT2D eigenvalue weighted by atomic mass is 16.6. The fourth-order valence-corrected chi connectivity index (χ4v) is 5.74. The van der Waals surface area contributed by atoms with Crippen LogP contribution in [0.4, 0.5) is 15.3 Å². The number of nitrogens with zero attached hydrogens (tertiary/aromatic N) is 4. The minimum absolute atomic E-state index is 0.0459. The van der Waals surface area contributed by atoms with Crippen LogP contribution in [-0.4, -0.2) is 65.9 Å². The molecule has 3 amide bonds. The van der Waals surface area contributed by atoms with Gasteiger partial charge in [-0.05, 0) is 57.0 Å². The molecule has 0 radical (unpaired) electrons. The highest BCUT2D eigenvalue weighted by Gasteiger charge is 2.71. The van der Waals surface area contributed by atoms with Gasteiger partial charge in [0.25, 0.3) is 0 Å². The summed E-state index contributed by atoms with van der Waals surface area (Å²) in [6.07, 6.45) is 0.599. The lowest BCUT2D eigenvalue weighted by atomic mass is 9.95. The molecule has 2 saturated heterocycles. The topological polar surface area (TPSA) is 125 Å². The Kier molecular flexibility index (Phi) is 6.49. The Bertz CT molecular complexity index is 1350. The van der Waals surface area contributed by atoms with Gasteiger partial charge in [-0.3, -0.25) is 14.7 Å². The maximum absolute atomic E-state index is 12.4. The number of aromatic nitrogens is 1. The van der Waals surface area contributed by atoms with Crippen LogP contribution < -0.4 is 10.2 Å². The van der Waals surface area contributed by atoms with Crippen LogP contribution >= 0.6 is 0 Å². The van der Waals surface area contributed by atoms with Crippen LogP contribution in [0.1, 0.15) is 39.0 Å². The summed E-state index contributed by atoms with van der Waals surface area (Å²) in [5, 5.41) is 12.8. The predicted octanol–water partition coefficient (Wildman–Crippen LogP) is 3.78. The number of benzene rings is 1. The van der Waals surface area contributed by atoms with Crippen LogP contribution in [-0.2, 0) is 19.7 Å². The van der Waals surface area contributed by atoms with Gasteiger partial charge in [0.15, 0.2) is 0 Å². The van der Waals surface area contributed by atoms with Crippen LogP contribution in [0.15, 0.2) is 36.5 Å². The van der Waals surface area contributed by atoms with Gasteiger partial charge in [0.05, 0.1) is 30.5 Å². The summed E-state index contributed by atoms with van der Waals surface area (Å²) < 4.78 is 10.9. The minimum Gasteiger partial charge on any atom is -0.444 e.